The van der Waals surface area contributed by atoms with Crippen LogP contribution in [-0.4, -0.2) is 68.7 Å². The molecule has 2 rings (SSSR count). The Morgan fingerprint density at radius 2 is 2.12 bits per heavy atom. The Hall–Kier alpha value is -0.170. The molecular formula is C11H23N3O2S. The predicted octanol–water partition coefficient (Wildman–Crippen LogP) is -0.296. The lowest BCUT2D eigenvalue weighted by atomic mass is 10.2. The monoisotopic (exact) mass is 261 g/mol. The summed E-state index contributed by atoms with van der Waals surface area (Å²) < 4.78 is 26.2. The number of likely N-dealkylation sites (N-methyl/N-ethyl adjacent to an activating group) is 1. The van der Waals surface area contributed by atoms with Crippen LogP contribution in [0.1, 0.15) is 19.8 Å². The fourth-order valence-electron chi connectivity index (χ4n) is 2.53. The minimum atomic E-state index is -3.08. The van der Waals surface area contributed by atoms with Crippen LogP contribution >= 0.6 is 0 Å². The Bertz CT molecular complexity index is 352. The quantitative estimate of drug-likeness (QED) is 0.758. The van der Waals surface area contributed by atoms with Crippen LogP contribution in [0.15, 0.2) is 0 Å². The summed E-state index contributed by atoms with van der Waals surface area (Å²) in [7, 11) is -1.03. The topological polar surface area (TPSA) is 52.7 Å². The maximum absolute atomic E-state index is 12.3. The average molecular weight is 261 g/mol. The van der Waals surface area contributed by atoms with E-state index in [1.807, 2.05) is 7.05 Å². The molecule has 2 atom stereocenters. The number of nitrogens with one attached hydrogen (secondary N) is 1. The first-order valence-corrected chi connectivity index (χ1v) is 8.01. The number of piperazine rings is 1. The van der Waals surface area contributed by atoms with E-state index < -0.39 is 10.0 Å². The molecule has 2 aliphatic rings. The van der Waals surface area contributed by atoms with Crippen LogP contribution < -0.4 is 5.32 Å². The molecule has 2 fully saturated rings. The summed E-state index contributed by atoms with van der Waals surface area (Å²) in [5, 5.41) is 3.26. The average Bonchev–Trinajstić information content (AvgIpc) is 2.73. The van der Waals surface area contributed by atoms with Crippen molar-refractivity contribution in [3.8, 4) is 0 Å². The van der Waals surface area contributed by atoms with Crippen LogP contribution in [-0.2, 0) is 10.0 Å². The highest BCUT2D eigenvalue weighted by atomic mass is 32.2. The minimum Gasteiger partial charge on any atom is -0.313 e. The summed E-state index contributed by atoms with van der Waals surface area (Å²) in [6, 6.07) is 0.477. The van der Waals surface area contributed by atoms with E-state index in [0.717, 1.165) is 25.9 Å². The first kappa shape index (κ1) is 13.3. The van der Waals surface area contributed by atoms with Crippen LogP contribution in [0, 0.1) is 0 Å². The third kappa shape index (κ3) is 3.19. The lowest BCUT2D eigenvalue weighted by Gasteiger charge is -2.37. The molecule has 2 heterocycles. The van der Waals surface area contributed by atoms with Gasteiger partial charge in [0.15, 0.2) is 0 Å². The second kappa shape index (κ2) is 5.22. The summed E-state index contributed by atoms with van der Waals surface area (Å²) in [6.07, 6.45) is 2.09. The zero-order valence-corrected chi connectivity index (χ0v) is 11.5. The van der Waals surface area contributed by atoms with Gasteiger partial charge < -0.3 is 10.2 Å². The molecule has 100 valence electrons. The summed E-state index contributed by atoms with van der Waals surface area (Å²) in [6.45, 7) is 5.13. The second-order valence-electron chi connectivity index (χ2n) is 5.26. The van der Waals surface area contributed by atoms with Gasteiger partial charge in [0.1, 0.15) is 0 Å². The van der Waals surface area contributed by atoms with Gasteiger partial charge in [-0.1, -0.05) is 0 Å². The first-order valence-electron chi connectivity index (χ1n) is 6.40. The van der Waals surface area contributed by atoms with Crippen LogP contribution in [0.3, 0.4) is 0 Å². The van der Waals surface area contributed by atoms with Gasteiger partial charge in [0, 0.05) is 31.7 Å². The minimum absolute atomic E-state index is 0.162. The van der Waals surface area contributed by atoms with Gasteiger partial charge in [-0.15, -0.1) is 0 Å². The number of sulfonamides is 1. The molecule has 0 radical (unpaired) electrons. The normalized spacial score (nSPS) is 33.1. The molecule has 2 unspecified atom stereocenters. The molecule has 17 heavy (non-hydrogen) atoms. The van der Waals surface area contributed by atoms with Gasteiger partial charge in [0.25, 0.3) is 0 Å². The number of hydrogen-bond acceptors (Lipinski definition) is 4. The Kier molecular flexibility index (Phi) is 4.07. The second-order valence-corrected chi connectivity index (χ2v) is 7.27. The SMILES string of the molecule is CC1CN(S(=O)(=O)CC2CCCN2)CCN1C. The van der Waals surface area contributed by atoms with E-state index in [0.29, 0.717) is 19.1 Å². The molecule has 0 amide bonds. The Morgan fingerprint density at radius 1 is 1.35 bits per heavy atom. The first-order chi connectivity index (χ1) is 7.99. The van der Waals surface area contributed by atoms with Crippen molar-refractivity contribution in [3.63, 3.8) is 0 Å². The van der Waals surface area contributed by atoms with Gasteiger partial charge in [-0.25, -0.2) is 8.42 Å². The molecule has 2 aliphatic heterocycles. The van der Waals surface area contributed by atoms with Gasteiger partial charge in [-0.3, -0.25) is 0 Å². The van der Waals surface area contributed by atoms with Crippen molar-refractivity contribution in [2.45, 2.75) is 31.8 Å². The van der Waals surface area contributed by atoms with Crippen molar-refractivity contribution in [3.05, 3.63) is 0 Å². The molecule has 0 saturated carbocycles. The Labute approximate surface area is 104 Å². The predicted molar refractivity (Wildman–Crippen MR) is 68.5 cm³/mol. The molecule has 6 heteroatoms. The molecule has 0 aromatic rings. The third-order valence-corrected chi connectivity index (χ3v) is 5.83. The highest BCUT2D eigenvalue weighted by Gasteiger charge is 2.32. The van der Waals surface area contributed by atoms with Gasteiger partial charge in [0.2, 0.25) is 10.0 Å². The number of hydrogen-bond donors (Lipinski definition) is 1. The van der Waals surface area contributed by atoms with E-state index in [1.54, 1.807) is 4.31 Å². The molecule has 0 aromatic carbocycles. The van der Waals surface area contributed by atoms with Crippen LogP contribution in [0.4, 0.5) is 0 Å². The van der Waals surface area contributed by atoms with Crippen molar-refractivity contribution in [2.24, 2.45) is 0 Å². The summed E-state index contributed by atoms with van der Waals surface area (Å²) in [5.41, 5.74) is 0. The largest absolute Gasteiger partial charge is 0.313 e. The fraction of sp³-hybridized carbons (Fsp3) is 1.00. The molecule has 0 bridgehead atoms. The standard InChI is InChI=1S/C11H23N3O2S/c1-10-8-14(7-6-13(10)2)17(15,16)9-11-4-3-5-12-11/h10-12H,3-9H2,1-2H3. The van der Waals surface area contributed by atoms with E-state index in [1.165, 1.54) is 0 Å². The van der Waals surface area contributed by atoms with Crippen LogP contribution in [0.5, 0.6) is 0 Å². The fourth-order valence-corrected chi connectivity index (χ4v) is 4.33. The number of nitrogens with zero attached hydrogens (tertiary/aromatic N) is 2. The Balaban J connectivity index is 1.95. The lowest BCUT2D eigenvalue weighted by molar-refractivity contribution is 0.159. The highest BCUT2D eigenvalue weighted by Crippen LogP contribution is 2.15. The maximum Gasteiger partial charge on any atom is 0.215 e. The highest BCUT2D eigenvalue weighted by molar-refractivity contribution is 7.89. The molecule has 0 spiro atoms. The molecule has 1 N–H and O–H groups in total. The Morgan fingerprint density at radius 3 is 2.71 bits per heavy atom. The van der Waals surface area contributed by atoms with Crippen LogP contribution in [0.25, 0.3) is 0 Å². The van der Waals surface area contributed by atoms with Crippen molar-refractivity contribution < 1.29 is 8.42 Å². The summed E-state index contributed by atoms with van der Waals surface area (Å²) >= 11 is 0. The van der Waals surface area contributed by atoms with Crippen molar-refractivity contribution in [1.29, 1.82) is 0 Å². The van der Waals surface area contributed by atoms with Crippen molar-refractivity contribution >= 4 is 10.0 Å². The third-order valence-electron chi connectivity index (χ3n) is 3.89. The molecular weight excluding hydrogens is 238 g/mol. The lowest BCUT2D eigenvalue weighted by Crippen LogP contribution is -2.53. The van der Waals surface area contributed by atoms with Gasteiger partial charge in [-0.2, -0.15) is 4.31 Å². The van der Waals surface area contributed by atoms with E-state index in [-0.39, 0.29) is 11.8 Å². The van der Waals surface area contributed by atoms with Gasteiger partial charge >= 0.3 is 0 Å². The van der Waals surface area contributed by atoms with Crippen molar-refractivity contribution in [1.82, 2.24) is 14.5 Å². The summed E-state index contributed by atoms with van der Waals surface area (Å²) in [4.78, 5) is 2.21. The molecule has 5 nitrogen and oxygen atoms in total. The van der Waals surface area contributed by atoms with Crippen molar-refractivity contribution in [2.75, 3.05) is 39.0 Å². The number of rotatable bonds is 3. The van der Waals surface area contributed by atoms with E-state index in [2.05, 4.69) is 17.1 Å². The smallest absolute Gasteiger partial charge is 0.215 e. The van der Waals surface area contributed by atoms with Crippen LogP contribution in [0.2, 0.25) is 0 Å². The van der Waals surface area contributed by atoms with E-state index in [9.17, 15) is 8.42 Å². The molecule has 0 aliphatic carbocycles. The zero-order valence-electron chi connectivity index (χ0n) is 10.7. The van der Waals surface area contributed by atoms with Gasteiger partial charge in [-0.05, 0) is 33.4 Å². The van der Waals surface area contributed by atoms with E-state index >= 15 is 0 Å². The van der Waals surface area contributed by atoms with Gasteiger partial charge in [0.05, 0.1) is 5.75 Å². The summed E-state index contributed by atoms with van der Waals surface area (Å²) in [5.74, 6) is 0.267. The molecule has 0 aromatic heterocycles. The zero-order chi connectivity index (χ0) is 12.5. The molecule has 2 saturated heterocycles. The maximum atomic E-state index is 12.3. The van der Waals surface area contributed by atoms with E-state index in [4.69, 9.17) is 0 Å².